The largest absolute Gasteiger partial charge is 0.334 e. The van der Waals surface area contributed by atoms with Crippen LogP contribution in [0.25, 0.3) is 11.0 Å². The molecule has 0 aliphatic carbocycles. The number of nitrogens with zero attached hydrogens (tertiary/aromatic N) is 2. The van der Waals surface area contributed by atoms with Gasteiger partial charge in [-0.2, -0.15) is 0 Å². The van der Waals surface area contributed by atoms with Crippen LogP contribution in [0.1, 0.15) is 18.5 Å². The summed E-state index contributed by atoms with van der Waals surface area (Å²) in [5.41, 5.74) is 9.06. The lowest BCUT2D eigenvalue weighted by atomic mass is 10.1. The third-order valence-electron chi connectivity index (χ3n) is 2.28. The summed E-state index contributed by atoms with van der Waals surface area (Å²) in [6, 6.07) is 6.22. The molecule has 13 heavy (non-hydrogen) atoms. The zero-order valence-corrected chi connectivity index (χ0v) is 7.86. The lowest BCUT2D eigenvalue weighted by Crippen LogP contribution is -2.04. The first-order valence-corrected chi connectivity index (χ1v) is 4.35. The van der Waals surface area contributed by atoms with Gasteiger partial charge in [0.15, 0.2) is 0 Å². The predicted octanol–water partition coefficient (Wildman–Crippen LogP) is 1.59. The van der Waals surface area contributed by atoms with E-state index in [1.807, 2.05) is 30.9 Å². The van der Waals surface area contributed by atoms with E-state index in [-0.39, 0.29) is 6.04 Å². The molecule has 0 aliphatic rings. The van der Waals surface area contributed by atoms with Gasteiger partial charge < -0.3 is 10.3 Å². The molecule has 1 heterocycles. The second kappa shape index (κ2) is 2.85. The number of aromatic nitrogens is 2. The van der Waals surface area contributed by atoms with Crippen molar-refractivity contribution < 1.29 is 0 Å². The molecule has 3 heteroatoms. The first-order chi connectivity index (χ1) is 6.18. The molecule has 0 saturated heterocycles. The maximum atomic E-state index is 5.78. The van der Waals surface area contributed by atoms with Gasteiger partial charge in [0.1, 0.15) is 0 Å². The molecule has 3 nitrogen and oxygen atoms in total. The third kappa shape index (κ3) is 1.31. The van der Waals surface area contributed by atoms with Crippen molar-refractivity contribution >= 4 is 11.0 Å². The minimum atomic E-state index is 0.0754. The van der Waals surface area contributed by atoms with Gasteiger partial charge in [-0.05, 0) is 24.6 Å². The minimum absolute atomic E-state index is 0.0754. The summed E-state index contributed by atoms with van der Waals surface area (Å²) in [7, 11) is 1.99. The van der Waals surface area contributed by atoms with Crippen molar-refractivity contribution in [3.8, 4) is 0 Å². The van der Waals surface area contributed by atoms with Gasteiger partial charge in [-0.3, -0.25) is 0 Å². The lowest BCUT2D eigenvalue weighted by molar-refractivity contribution is 0.819. The number of fused-ring (bicyclic) bond motifs is 1. The molecule has 2 rings (SSSR count). The van der Waals surface area contributed by atoms with Gasteiger partial charge in [0.25, 0.3) is 0 Å². The Morgan fingerprint density at radius 3 is 2.92 bits per heavy atom. The fourth-order valence-electron chi connectivity index (χ4n) is 1.44. The second-order valence-corrected chi connectivity index (χ2v) is 3.39. The summed E-state index contributed by atoms with van der Waals surface area (Å²) < 4.78 is 2.00. The van der Waals surface area contributed by atoms with E-state index in [1.165, 1.54) is 0 Å². The number of imidazole rings is 1. The quantitative estimate of drug-likeness (QED) is 0.715. The van der Waals surface area contributed by atoms with Crippen molar-refractivity contribution in [2.24, 2.45) is 12.8 Å². The zero-order chi connectivity index (χ0) is 9.42. The summed E-state index contributed by atoms with van der Waals surface area (Å²) in [6.07, 6.45) is 1.82. The highest BCUT2D eigenvalue weighted by atomic mass is 15.0. The van der Waals surface area contributed by atoms with E-state index >= 15 is 0 Å². The summed E-state index contributed by atoms with van der Waals surface area (Å²) in [4.78, 5) is 4.27. The topological polar surface area (TPSA) is 43.8 Å². The molecule has 68 valence electrons. The van der Waals surface area contributed by atoms with Crippen LogP contribution in [-0.2, 0) is 7.05 Å². The van der Waals surface area contributed by atoms with Crippen molar-refractivity contribution in [1.29, 1.82) is 0 Å². The Bertz CT molecular complexity index is 429. The van der Waals surface area contributed by atoms with Crippen LogP contribution in [0, 0.1) is 0 Å². The van der Waals surface area contributed by atoms with Crippen molar-refractivity contribution in [1.82, 2.24) is 9.55 Å². The number of rotatable bonds is 1. The maximum absolute atomic E-state index is 5.78. The molecule has 2 aromatic rings. The Balaban J connectivity index is 2.63. The molecule has 1 aromatic heterocycles. The molecule has 0 saturated carbocycles. The average Bonchev–Trinajstić information content (AvgIpc) is 2.47. The van der Waals surface area contributed by atoms with E-state index in [9.17, 15) is 0 Å². The van der Waals surface area contributed by atoms with Gasteiger partial charge in [0.05, 0.1) is 17.4 Å². The summed E-state index contributed by atoms with van der Waals surface area (Å²) >= 11 is 0. The molecule has 0 spiro atoms. The summed E-state index contributed by atoms with van der Waals surface area (Å²) in [6.45, 7) is 1.98. The van der Waals surface area contributed by atoms with Crippen molar-refractivity contribution in [2.45, 2.75) is 13.0 Å². The van der Waals surface area contributed by atoms with Crippen LogP contribution in [-0.4, -0.2) is 9.55 Å². The van der Waals surface area contributed by atoms with Crippen LogP contribution in [0.4, 0.5) is 0 Å². The average molecular weight is 175 g/mol. The highest BCUT2D eigenvalue weighted by molar-refractivity contribution is 5.76. The zero-order valence-electron chi connectivity index (χ0n) is 7.86. The molecule has 0 fully saturated rings. The third-order valence-corrected chi connectivity index (χ3v) is 2.28. The van der Waals surface area contributed by atoms with E-state index in [0.717, 1.165) is 16.6 Å². The highest BCUT2D eigenvalue weighted by Gasteiger charge is 2.03. The monoisotopic (exact) mass is 175 g/mol. The van der Waals surface area contributed by atoms with Gasteiger partial charge in [-0.25, -0.2) is 4.98 Å². The van der Waals surface area contributed by atoms with Crippen LogP contribution in [0.3, 0.4) is 0 Å². The molecule has 0 unspecified atom stereocenters. The second-order valence-electron chi connectivity index (χ2n) is 3.39. The molecular weight excluding hydrogens is 162 g/mol. The fourth-order valence-corrected chi connectivity index (χ4v) is 1.44. The van der Waals surface area contributed by atoms with E-state index in [2.05, 4.69) is 17.1 Å². The predicted molar refractivity (Wildman–Crippen MR) is 53.3 cm³/mol. The SMILES string of the molecule is C[C@H](N)c1ccc2c(c1)ncn2C. The first kappa shape index (κ1) is 8.26. The Kier molecular flexibility index (Phi) is 1.81. The van der Waals surface area contributed by atoms with Crippen molar-refractivity contribution in [2.75, 3.05) is 0 Å². The molecule has 0 radical (unpaired) electrons. The van der Waals surface area contributed by atoms with Gasteiger partial charge in [0.2, 0.25) is 0 Å². The molecule has 0 amide bonds. The van der Waals surface area contributed by atoms with Crippen LogP contribution < -0.4 is 5.73 Å². The normalized spacial score (nSPS) is 13.5. The minimum Gasteiger partial charge on any atom is -0.334 e. The van der Waals surface area contributed by atoms with Crippen LogP contribution >= 0.6 is 0 Å². The van der Waals surface area contributed by atoms with Crippen LogP contribution in [0.15, 0.2) is 24.5 Å². The van der Waals surface area contributed by atoms with E-state index in [4.69, 9.17) is 5.73 Å². The standard InChI is InChI=1S/C10H13N3/c1-7(11)8-3-4-10-9(5-8)12-6-13(10)2/h3-7H,11H2,1-2H3/t7-/m0/s1. The Hall–Kier alpha value is -1.35. The highest BCUT2D eigenvalue weighted by Crippen LogP contribution is 2.17. The smallest absolute Gasteiger partial charge is 0.0955 e. The van der Waals surface area contributed by atoms with Gasteiger partial charge in [-0.15, -0.1) is 0 Å². The number of hydrogen-bond acceptors (Lipinski definition) is 2. The number of hydrogen-bond donors (Lipinski definition) is 1. The van der Waals surface area contributed by atoms with E-state index in [1.54, 1.807) is 0 Å². The van der Waals surface area contributed by atoms with Crippen LogP contribution in [0.5, 0.6) is 0 Å². The summed E-state index contributed by atoms with van der Waals surface area (Å²) in [5.74, 6) is 0. The van der Waals surface area contributed by atoms with E-state index < -0.39 is 0 Å². The fraction of sp³-hybridized carbons (Fsp3) is 0.300. The summed E-state index contributed by atoms with van der Waals surface area (Å²) in [5, 5.41) is 0. The molecular formula is C10H13N3. The Morgan fingerprint density at radius 2 is 2.23 bits per heavy atom. The maximum Gasteiger partial charge on any atom is 0.0955 e. The van der Waals surface area contributed by atoms with Crippen LogP contribution in [0.2, 0.25) is 0 Å². The number of benzene rings is 1. The molecule has 0 bridgehead atoms. The number of nitrogens with two attached hydrogens (primary N) is 1. The van der Waals surface area contributed by atoms with Gasteiger partial charge in [0, 0.05) is 13.1 Å². The van der Waals surface area contributed by atoms with E-state index in [0.29, 0.717) is 0 Å². The number of aryl methyl sites for hydroxylation is 1. The molecule has 0 aliphatic heterocycles. The lowest BCUT2D eigenvalue weighted by Gasteiger charge is -2.04. The molecule has 2 N–H and O–H groups in total. The Labute approximate surface area is 77.2 Å². The van der Waals surface area contributed by atoms with Gasteiger partial charge >= 0.3 is 0 Å². The molecule has 1 atom stereocenters. The Morgan fingerprint density at radius 1 is 1.46 bits per heavy atom. The van der Waals surface area contributed by atoms with Crippen molar-refractivity contribution in [3.05, 3.63) is 30.1 Å². The molecule has 1 aromatic carbocycles. The van der Waals surface area contributed by atoms with Crippen molar-refractivity contribution in [3.63, 3.8) is 0 Å². The van der Waals surface area contributed by atoms with Gasteiger partial charge in [-0.1, -0.05) is 6.07 Å². The first-order valence-electron chi connectivity index (χ1n) is 4.35.